The first kappa shape index (κ1) is 24.0. The molecule has 1 aliphatic rings. The molecule has 10 heteroatoms. The van der Waals surface area contributed by atoms with Crippen molar-refractivity contribution in [3.63, 3.8) is 0 Å². The molecule has 2 N–H and O–H groups in total. The highest BCUT2D eigenvalue weighted by molar-refractivity contribution is 6.33. The van der Waals surface area contributed by atoms with Crippen LogP contribution in [0, 0.1) is 0 Å². The highest BCUT2D eigenvalue weighted by Crippen LogP contribution is 2.31. The highest BCUT2D eigenvalue weighted by atomic mass is 35.5. The Kier molecular flexibility index (Phi) is 7.64. The number of carbonyl (C=O) groups is 1. The zero-order chi connectivity index (χ0) is 24.1. The van der Waals surface area contributed by atoms with Gasteiger partial charge in [0.15, 0.2) is 0 Å². The standard InChI is InChI=1S/C24H30ClN7O2/c1-26-23(33)18-10-17(22(25)21(11-18)34-3)5-4-16-12-27-24(28-13-16)30-19-14-29-32(15-19)20-6-8-31(2)9-7-20/h10-15,20H,4-9H2,1-3H3,(H,26,33)(H,27,28,30). The molecule has 3 heterocycles. The molecule has 0 spiro atoms. The molecule has 2 aromatic heterocycles. The number of hydrogen-bond donors (Lipinski definition) is 2. The number of aryl methyl sites for hydroxylation is 2. The molecule has 1 saturated heterocycles. The van der Waals surface area contributed by atoms with E-state index in [1.165, 1.54) is 7.11 Å². The van der Waals surface area contributed by atoms with Gasteiger partial charge < -0.3 is 20.3 Å². The van der Waals surface area contributed by atoms with Gasteiger partial charge in [-0.15, -0.1) is 0 Å². The fourth-order valence-corrected chi connectivity index (χ4v) is 4.36. The summed E-state index contributed by atoms with van der Waals surface area (Å²) in [6.45, 7) is 2.18. The van der Waals surface area contributed by atoms with E-state index in [0.717, 1.165) is 42.7 Å². The Morgan fingerprint density at radius 3 is 2.59 bits per heavy atom. The molecule has 1 aromatic carbocycles. The van der Waals surface area contributed by atoms with Crippen LogP contribution in [0.25, 0.3) is 0 Å². The van der Waals surface area contributed by atoms with Crippen LogP contribution >= 0.6 is 11.6 Å². The molecule has 0 saturated carbocycles. The number of amides is 1. The number of aromatic nitrogens is 4. The van der Waals surface area contributed by atoms with Gasteiger partial charge >= 0.3 is 0 Å². The van der Waals surface area contributed by atoms with E-state index in [9.17, 15) is 4.79 Å². The number of anilines is 2. The molecule has 180 valence electrons. The summed E-state index contributed by atoms with van der Waals surface area (Å²) in [5, 5.41) is 10.9. The lowest BCUT2D eigenvalue weighted by Gasteiger charge is -2.28. The van der Waals surface area contributed by atoms with Crippen molar-refractivity contribution in [2.24, 2.45) is 0 Å². The van der Waals surface area contributed by atoms with Gasteiger partial charge in [0, 0.05) is 31.2 Å². The smallest absolute Gasteiger partial charge is 0.251 e. The molecule has 0 bridgehead atoms. The average molecular weight is 484 g/mol. The Labute approximate surface area is 204 Å². The molecule has 0 radical (unpaired) electrons. The number of nitrogens with zero attached hydrogens (tertiary/aromatic N) is 5. The monoisotopic (exact) mass is 483 g/mol. The molecule has 0 aliphatic carbocycles. The fraction of sp³-hybridized carbons (Fsp3) is 0.417. The van der Waals surface area contributed by atoms with Gasteiger partial charge in [-0.2, -0.15) is 5.10 Å². The Balaban J connectivity index is 1.37. The van der Waals surface area contributed by atoms with Crippen LogP contribution in [-0.4, -0.2) is 64.9 Å². The number of rotatable bonds is 8. The molecule has 34 heavy (non-hydrogen) atoms. The first-order chi connectivity index (χ1) is 16.5. The minimum absolute atomic E-state index is 0.186. The molecule has 1 aliphatic heterocycles. The number of methoxy groups -OCH3 is 1. The van der Waals surface area contributed by atoms with E-state index in [4.69, 9.17) is 16.3 Å². The van der Waals surface area contributed by atoms with Gasteiger partial charge in [-0.25, -0.2) is 9.97 Å². The van der Waals surface area contributed by atoms with Crippen molar-refractivity contribution in [3.8, 4) is 5.75 Å². The Morgan fingerprint density at radius 1 is 1.18 bits per heavy atom. The summed E-state index contributed by atoms with van der Waals surface area (Å²) in [5.41, 5.74) is 3.18. The summed E-state index contributed by atoms with van der Waals surface area (Å²) in [6, 6.07) is 3.87. The number of ether oxygens (including phenoxy) is 1. The van der Waals surface area contributed by atoms with Crippen LogP contribution in [0.4, 0.5) is 11.6 Å². The SMILES string of the molecule is CNC(=O)c1cc(CCc2cnc(Nc3cnn(C4CCN(C)CC4)c3)nc2)c(Cl)c(OC)c1. The average Bonchev–Trinajstić information content (AvgIpc) is 3.32. The predicted molar refractivity (Wildman–Crippen MR) is 132 cm³/mol. The lowest BCUT2D eigenvalue weighted by Crippen LogP contribution is -2.31. The second kappa shape index (κ2) is 10.8. The first-order valence-corrected chi connectivity index (χ1v) is 11.7. The highest BCUT2D eigenvalue weighted by Gasteiger charge is 2.19. The molecule has 9 nitrogen and oxygen atoms in total. The number of hydrogen-bond acceptors (Lipinski definition) is 7. The number of likely N-dealkylation sites (tertiary alicyclic amines) is 1. The van der Waals surface area contributed by atoms with Crippen LogP contribution in [0.1, 0.15) is 40.4 Å². The third-order valence-electron chi connectivity index (χ3n) is 6.13. The van der Waals surface area contributed by atoms with Crippen molar-refractivity contribution in [2.75, 3.05) is 39.6 Å². The number of nitrogens with one attached hydrogen (secondary N) is 2. The van der Waals surface area contributed by atoms with Crippen molar-refractivity contribution >= 4 is 29.1 Å². The summed E-state index contributed by atoms with van der Waals surface area (Å²) in [7, 11) is 5.28. The second-order valence-corrected chi connectivity index (χ2v) is 8.89. The first-order valence-electron chi connectivity index (χ1n) is 11.4. The van der Waals surface area contributed by atoms with Gasteiger partial charge in [-0.05, 0) is 69.1 Å². The maximum Gasteiger partial charge on any atom is 0.251 e. The maximum atomic E-state index is 12.1. The van der Waals surface area contributed by atoms with Gasteiger partial charge in [-0.3, -0.25) is 9.48 Å². The predicted octanol–water partition coefficient (Wildman–Crippen LogP) is 3.49. The van der Waals surface area contributed by atoms with Crippen LogP contribution in [0.5, 0.6) is 5.75 Å². The van der Waals surface area contributed by atoms with Gasteiger partial charge in [0.25, 0.3) is 5.91 Å². The van der Waals surface area contributed by atoms with E-state index >= 15 is 0 Å². The molecular weight excluding hydrogens is 454 g/mol. The molecule has 0 unspecified atom stereocenters. The Morgan fingerprint density at radius 2 is 1.91 bits per heavy atom. The largest absolute Gasteiger partial charge is 0.495 e. The van der Waals surface area contributed by atoms with Crippen molar-refractivity contribution < 1.29 is 9.53 Å². The second-order valence-electron chi connectivity index (χ2n) is 8.51. The number of piperidine rings is 1. The number of halogens is 1. The van der Waals surface area contributed by atoms with Crippen LogP contribution in [0.15, 0.2) is 36.9 Å². The Hall–Kier alpha value is -3.17. The van der Waals surface area contributed by atoms with Gasteiger partial charge in [-0.1, -0.05) is 11.6 Å². The van der Waals surface area contributed by atoms with Gasteiger partial charge in [0.05, 0.1) is 30.1 Å². The van der Waals surface area contributed by atoms with Gasteiger partial charge in [0.2, 0.25) is 5.95 Å². The number of carbonyl (C=O) groups excluding carboxylic acids is 1. The van der Waals surface area contributed by atoms with Crippen LogP contribution < -0.4 is 15.4 Å². The summed E-state index contributed by atoms with van der Waals surface area (Å²) >= 11 is 6.47. The van der Waals surface area contributed by atoms with E-state index in [1.807, 2.05) is 17.1 Å². The van der Waals surface area contributed by atoms with Crippen molar-refractivity contribution in [1.29, 1.82) is 0 Å². The zero-order valence-corrected chi connectivity index (χ0v) is 20.5. The summed E-state index contributed by atoms with van der Waals surface area (Å²) in [6.07, 6.45) is 10.9. The lowest BCUT2D eigenvalue weighted by atomic mass is 10.0. The number of benzene rings is 1. The summed E-state index contributed by atoms with van der Waals surface area (Å²) < 4.78 is 7.37. The minimum atomic E-state index is -0.186. The molecular formula is C24H30ClN7O2. The van der Waals surface area contributed by atoms with Gasteiger partial charge in [0.1, 0.15) is 5.75 Å². The zero-order valence-electron chi connectivity index (χ0n) is 19.7. The van der Waals surface area contributed by atoms with Crippen LogP contribution in [-0.2, 0) is 12.8 Å². The van der Waals surface area contributed by atoms with E-state index in [-0.39, 0.29) is 5.91 Å². The molecule has 0 atom stereocenters. The lowest BCUT2D eigenvalue weighted by molar-refractivity contribution is 0.0962. The topological polar surface area (TPSA) is 97.2 Å². The molecule has 4 rings (SSSR count). The van der Waals surface area contributed by atoms with E-state index < -0.39 is 0 Å². The summed E-state index contributed by atoms with van der Waals surface area (Å²) in [5.74, 6) is 0.816. The Bertz CT molecular complexity index is 1120. The molecule has 1 amide bonds. The van der Waals surface area contributed by atoms with E-state index in [2.05, 4.69) is 37.6 Å². The van der Waals surface area contributed by atoms with E-state index in [1.54, 1.807) is 31.6 Å². The molecule has 1 fully saturated rings. The van der Waals surface area contributed by atoms with Crippen LogP contribution in [0.2, 0.25) is 5.02 Å². The normalized spacial score (nSPS) is 14.7. The maximum absolute atomic E-state index is 12.1. The van der Waals surface area contributed by atoms with Crippen molar-refractivity contribution in [1.82, 2.24) is 30.0 Å². The quantitative estimate of drug-likeness (QED) is 0.506. The fourth-order valence-electron chi connectivity index (χ4n) is 4.08. The third-order valence-corrected chi connectivity index (χ3v) is 6.56. The minimum Gasteiger partial charge on any atom is -0.495 e. The van der Waals surface area contributed by atoms with Crippen LogP contribution in [0.3, 0.4) is 0 Å². The van der Waals surface area contributed by atoms with Crippen molar-refractivity contribution in [3.05, 3.63) is 58.6 Å². The third kappa shape index (κ3) is 5.66. The molecule has 3 aromatic rings. The van der Waals surface area contributed by atoms with E-state index in [0.29, 0.717) is 41.2 Å². The van der Waals surface area contributed by atoms with Crippen molar-refractivity contribution in [2.45, 2.75) is 31.7 Å². The summed E-state index contributed by atoms with van der Waals surface area (Å²) in [4.78, 5) is 23.3.